The minimum Gasteiger partial charge on any atom is -0.359 e. The molecule has 1 aliphatic rings. The molecule has 0 aliphatic carbocycles. The molecule has 18 heavy (non-hydrogen) atoms. The first-order valence-electron chi connectivity index (χ1n) is 6.27. The Morgan fingerprint density at radius 2 is 2.22 bits per heavy atom. The largest absolute Gasteiger partial charge is 0.359 e. The van der Waals surface area contributed by atoms with Gasteiger partial charge in [0, 0.05) is 32.4 Å². The lowest BCUT2D eigenvalue weighted by Crippen LogP contribution is -2.44. The zero-order valence-corrected chi connectivity index (χ0v) is 10.4. The van der Waals surface area contributed by atoms with Crippen molar-refractivity contribution >= 4 is 0 Å². The molecule has 0 radical (unpaired) electrons. The zero-order valence-electron chi connectivity index (χ0n) is 10.4. The number of hydrogen-bond acceptors (Lipinski definition) is 5. The normalized spacial score (nSPS) is 18.9. The van der Waals surface area contributed by atoms with Crippen LogP contribution in [0.1, 0.15) is 18.9 Å². The first kappa shape index (κ1) is 11.4. The minimum atomic E-state index is 0.170. The van der Waals surface area contributed by atoms with Gasteiger partial charge in [-0.05, 0) is 19.1 Å². The molecule has 1 unspecified atom stereocenters. The number of aromatic nitrogens is 3. The summed E-state index contributed by atoms with van der Waals surface area (Å²) in [4.78, 5) is 9.88. The Balaban J connectivity index is 1.76. The van der Waals surface area contributed by atoms with Crippen molar-refractivity contribution in [2.45, 2.75) is 13.0 Å². The Kier molecular flexibility index (Phi) is 3.12. The zero-order chi connectivity index (χ0) is 12.4. The Morgan fingerprint density at radius 1 is 1.39 bits per heavy atom. The Labute approximate surface area is 105 Å². The van der Waals surface area contributed by atoms with E-state index in [0.717, 1.165) is 31.9 Å². The average Bonchev–Trinajstić information content (AvgIpc) is 3.09. The van der Waals surface area contributed by atoms with Crippen LogP contribution >= 0.6 is 0 Å². The number of hydrogen-bond donors (Lipinski definition) is 2. The van der Waals surface area contributed by atoms with E-state index in [0.29, 0.717) is 11.7 Å². The third-order valence-electron chi connectivity index (χ3n) is 3.34. The molecule has 3 heterocycles. The summed E-state index contributed by atoms with van der Waals surface area (Å²) in [5, 5.41) is 7.35. The summed E-state index contributed by atoms with van der Waals surface area (Å²) >= 11 is 0. The first-order valence-corrected chi connectivity index (χ1v) is 6.27. The van der Waals surface area contributed by atoms with Gasteiger partial charge in [0.2, 0.25) is 11.7 Å². The maximum Gasteiger partial charge on any atom is 0.244 e. The van der Waals surface area contributed by atoms with Gasteiger partial charge in [0.15, 0.2) is 0 Å². The van der Waals surface area contributed by atoms with Gasteiger partial charge >= 0.3 is 0 Å². The molecule has 1 aliphatic heterocycles. The minimum absolute atomic E-state index is 0.170. The van der Waals surface area contributed by atoms with E-state index in [2.05, 4.69) is 32.3 Å². The highest BCUT2D eigenvalue weighted by atomic mass is 16.5. The highest BCUT2D eigenvalue weighted by Crippen LogP contribution is 2.21. The fraction of sp³-hybridized carbons (Fsp3) is 0.500. The van der Waals surface area contributed by atoms with Crippen LogP contribution in [-0.2, 0) is 0 Å². The molecule has 96 valence electrons. The molecule has 1 saturated heterocycles. The average molecular weight is 247 g/mol. The lowest BCUT2D eigenvalue weighted by Gasteiger charge is -2.30. The van der Waals surface area contributed by atoms with Gasteiger partial charge in [0.1, 0.15) is 0 Å². The van der Waals surface area contributed by atoms with Crippen molar-refractivity contribution in [3.05, 3.63) is 24.2 Å². The fourth-order valence-corrected chi connectivity index (χ4v) is 2.21. The fourth-order valence-electron chi connectivity index (χ4n) is 2.21. The molecule has 0 amide bonds. The Hall–Kier alpha value is -1.66. The van der Waals surface area contributed by atoms with Crippen LogP contribution in [0, 0.1) is 0 Å². The molecule has 0 bridgehead atoms. The lowest BCUT2D eigenvalue weighted by molar-refractivity contribution is 0.154. The van der Waals surface area contributed by atoms with Crippen LogP contribution in [-0.4, -0.2) is 46.2 Å². The van der Waals surface area contributed by atoms with Crippen LogP contribution in [0.15, 0.2) is 22.9 Å². The smallest absolute Gasteiger partial charge is 0.244 e. The van der Waals surface area contributed by atoms with Gasteiger partial charge in [-0.1, -0.05) is 5.16 Å². The van der Waals surface area contributed by atoms with E-state index in [-0.39, 0.29) is 6.04 Å². The standard InChI is InChI=1S/C12H17N5O/c1-9(17-7-5-13-6-8-17)12-15-11(16-18-12)10-3-2-4-14-10/h2-4,9,13-14H,5-8H2,1H3. The topological polar surface area (TPSA) is 70.0 Å². The molecular weight excluding hydrogens is 230 g/mol. The maximum atomic E-state index is 5.36. The molecule has 6 nitrogen and oxygen atoms in total. The number of nitrogens with zero attached hydrogens (tertiary/aromatic N) is 3. The van der Waals surface area contributed by atoms with E-state index in [4.69, 9.17) is 4.52 Å². The van der Waals surface area contributed by atoms with Gasteiger partial charge in [-0.3, -0.25) is 4.90 Å². The van der Waals surface area contributed by atoms with E-state index in [1.165, 1.54) is 0 Å². The number of piperazine rings is 1. The van der Waals surface area contributed by atoms with Crippen LogP contribution in [0.5, 0.6) is 0 Å². The quantitative estimate of drug-likeness (QED) is 0.847. The number of nitrogens with one attached hydrogen (secondary N) is 2. The Bertz CT molecular complexity index is 486. The second kappa shape index (κ2) is 4.91. The summed E-state index contributed by atoms with van der Waals surface area (Å²) in [6.07, 6.45) is 1.85. The highest BCUT2D eigenvalue weighted by molar-refractivity contribution is 5.47. The predicted octanol–water partition coefficient (Wildman–Crippen LogP) is 1.03. The van der Waals surface area contributed by atoms with Gasteiger partial charge in [0.05, 0.1) is 11.7 Å². The monoisotopic (exact) mass is 247 g/mol. The lowest BCUT2D eigenvalue weighted by atomic mass is 10.2. The summed E-state index contributed by atoms with van der Waals surface area (Å²) in [5.74, 6) is 1.30. The van der Waals surface area contributed by atoms with Gasteiger partial charge in [0.25, 0.3) is 0 Å². The summed E-state index contributed by atoms with van der Waals surface area (Å²) < 4.78 is 5.36. The van der Waals surface area contributed by atoms with Crippen LogP contribution < -0.4 is 5.32 Å². The van der Waals surface area contributed by atoms with E-state index < -0.39 is 0 Å². The van der Waals surface area contributed by atoms with Crippen LogP contribution in [0.3, 0.4) is 0 Å². The molecule has 0 aromatic carbocycles. The van der Waals surface area contributed by atoms with Crippen molar-refractivity contribution in [1.82, 2.24) is 25.3 Å². The van der Waals surface area contributed by atoms with Crippen LogP contribution in [0.25, 0.3) is 11.5 Å². The molecule has 2 aromatic heterocycles. The number of H-pyrrole nitrogens is 1. The molecule has 2 N–H and O–H groups in total. The molecule has 0 saturated carbocycles. The summed E-state index contributed by atoms with van der Waals surface area (Å²) in [6.45, 7) is 6.17. The van der Waals surface area contributed by atoms with Gasteiger partial charge < -0.3 is 14.8 Å². The molecule has 6 heteroatoms. The summed E-state index contributed by atoms with van der Waals surface area (Å²) in [6, 6.07) is 4.03. The van der Waals surface area contributed by atoms with Crippen LogP contribution in [0.4, 0.5) is 0 Å². The summed E-state index contributed by atoms with van der Waals surface area (Å²) in [7, 11) is 0. The number of aromatic amines is 1. The number of rotatable bonds is 3. The highest BCUT2D eigenvalue weighted by Gasteiger charge is 2.23. The Morgan fingerprint density at radius 3 is 2.94 bits per heavy atom. The van der Waals surface area contributed by atoms with Gasteiger partial charge in [-0.2, -0.15) is 4.98 Å². The third-order valence-corrected chi connectivity index (χ3v) is 3.34. The molecule has 3 rings (SSSR count). The second-order valence-electron chi connectivity index (χ2n) is 4.50. The predicted molar refractivity (Wildman–Crippen MR) is 66.9 cm³/mol. The van der Waals surface area contributed by atoms with Crippen molar-refractivity contribution in [3.63, 3.8) is 0 Å². The molecule has 2 aromatic rings. The summed E-state index contributed by atoms with van der Waals surface area (Å²) in [5.41, 5.74) is 0.887. The molecule has 1 atom stereocenters. The van der Waals surface area contributed by atoms with E-state index in [1.54, 1.807) is 0 Å². The van der Waals surface area contributed by atoms with E-state index in [9.17, 15) is 0 Å². The third kappa shape index (κ3) is 2.16. The SMILES string of the molecule is CC(c1nc(-c2ccc[nH]2)no1)N1CCNCC1. The van der Waals surface area contributed by atoms with E-state index in [1.807, 2.05) is 18.3 Å². The van der Waals surface area contributed by atoms with E-state index >= 15 is 0 Å². The maximum absolute atomic E-state index is 5.36. The van der Waals surface area contributed by atoms with Crippen molar-refractivity contribution in [1.29, 1.82) is 0 Å². The molecule has 0 spiro atoms. The van der Waals surface area contributed by atoms with Crippen molar-refractivity contribution < 1.29 is 4.52 Å². The first-order chi connectivity index (χ1) is 8.84. The van der Waals surface area contributed by atoms with Crippen molar-refractivity contribution in [3.8, 4) is 11.5 Å². The van der Waals surface area contributed by atoms with Crippen molar-refractivity contribution in [2.75, 3.05) is 26.2 Å². The van der Waals surface area contributed by atoms with Gasteiger partial charge in [-0.15, -0.1) is 0 Å². The van der Waals surface area contributed by atoms with Crippen LogP contribution in [0.2, 0.25) is 0 Å². The van der Waals surface area contributed by atoms with Gasteiger partial charge in [-0.25, -0.2) is 0 Å². The molecular formula is C12H17N5O. The van der Waals surface area contributed by atoms with Crippen molar-refractivity contribution in [2.24, 2.45) is 0 Å². The second-order valence-corrected chi connectivity index (χ2v) is 4.50. The molecule has 1 fully saturated rings.